The maximum Gasteiger partial charge on any atom is 0.243 e. The second kappa shape index (κ2) is 9.85. The van der Waals surface area contributed by atoms with Crippen molar-refractivity contribution in [2.45, 2.75) is 9.79 Å². The smallest absolute Gasteiger partial charge is 0.243 e. The van der Waals surface area contributed by atoms with Gasteiger partial charge in [0.15, 0.2) is 0 Å². The molecule has 0 saturated carbocycles. The minimum Gasteiger partial charge on any atom is -0.377 e. The Morgan fingerprint density at radius 3 is 1.13 bits per heavy atom. The molecule has 0 radical (unpaired) electrons. The van der Waals surface area contributed by atoms with Crippen LogP contribution in [-0.2, 0) is 20.0 Å². The van der Waals surface area contributed by atoms with Crippen LogP contribution in [0.3, 0.4) is 0 Å². The van der Waals surface area contributed by atoms with Crippen molar-refractivity contribution in [1.82, 2.24) is 8.61 Å². The van der Waals surface area contributed by atoms with E-state index in [2.05, 4.69) is 0 Å². The number of nitrogens with zero attached hydrogens (tertiary/aromatic N) is 4. The maximum atomic E-state index is 12.4. The zero-order valence-electron chi connectivity index (χ0n) is 22.0. The van der Waals surface area contributed by atoms with E-state index >= 15 is 0 Å². The average Bonchev–Trinajstić information content (AvgIpc) is 3.79. The Hall–Kier alpha value is -3.18. The van der Waals surface area contributed by atoms with E-state index in [0.717, 1.165) is 32.9 Å². The Morgan fingerprint density at radius 2 is 0.816 bits per heavy atom. The third-order valence-electron chi connectivity index (χ3n) is 6.73. The van der Waals surface area contributed by atoms with E-state index in [1.54, 1.807) is 12.1 Å². The minimum atomic E-state index is -3.32. The fourth-order valence-electron chi connectivity index (χ4n) is 4.60. The summed E-state index contributed by atoms with van der Waals surface area (Å²) >= 11 is 0. The monoisotopic (exact) mass is 552 g/mol. The van der Waals surface area contributed by atoms with Gasteiger partial charge in [0, 0.05) is 87.3 Å². The molecule has 38 heavy (non-hydrogen) atoms. The fraction of sp³-hybridized carbons (Fsp3) is 0.286. The molecule has 4 aromatic rings. The Kier molecular flexibility index (Phi) is 6.85. The lowest BCUT2D eigenvalue weighted by atomic mass is 10.1. The van der Waals surface area contributed by atoms with Gasteiger partial charge < -0.3 is 9.80 Å². The molecule has 2 aliphatic rings. The van der Waals surface area contributed by atoms with E-state index in [-0.39, 0.29) is 0 Å². The topological polar surface area (TPSA) is 80.8 Å². The van der Waals surface area contributed by atoms with Crippen LogP contribution in [0.2, 0.25) is 0 Å². The molecule has 2 fully saturated rings. The van der Waals surface area contributed by atoms with Gasteiger partial charge in [-0.15, -0.1) is 0 Å². The van der Waals surface area contributed by atoms with Crippen LogP contribution in [0.25, 0.3) is 21.5 Å². The van der Waals surface area contributed by atoms with Crippen LogP contribution < -0.4 is 9.80 Å². The van der Waals surface area contributed by atoms with Gasteiger partial charge in [0.2, 0.25) is 20.0 Å². The first-order valence-electron chi connectivity index (χ1n) is 12.4. The Labute approximate surface area is 224 Å². The second-order valence-corrected chi connectivity index (χ2v) is 13.7. The van der Waals surface area contributed by atoms with Gasteiger partial charge in [0.25, 0.3) is 0 Å². The third-order valence-corrected chi connectivity index (χ3v) is 10.6. The summed E-state index contributed by atoms with van der Waals surface area (Å²) in [7, 11) is 1.19. The van der Waals surface area contributed by atoms with Crippen molar-refractivity contribution in [1.29, 1.82) is 0 Å². The average molecular weight is 553 g/mol. The molecule has 0 aliphatic carbocycles. The van der Waals surface area contributed by atoms with Crippen LogP contribution in [0, 0.1) is 0 Å². The second-order valence-electron chi connectivity index (χ2n) is 9.85. The van der Waals surface area contributed by atoms with Gasteiger partial charge >= 0.3 is 0 Å². The molecule has 8 nitrogen and oxygen atoms in total. The zero-order chi connectivity index (χ0) is 27.2. The molecular formula is C28H32N4O4S2. The number of benzene rings is 4. The summed E-state index contributed by atoms with van der Waals surface area (Å²) in [5, 5.41) is 3.52. The summed E-state index contributed by atoms with van der Waals surface area (Å²) in [5.74, 6) is 0. The number of rotatable bonds is 6. The summed E-state index contributed by atoms with van der Waals surface area (Å²) in [6.07, 6.45) is 0. The SMILES string of the molecule is CN(C)c1cccc2c(S(=O)(=O)N3CC3)cccc12.CN(C)c1cccc2c(S(=O)(=O)N3CC3)cccc12. The lowest BCUT2D eigenvalue weighted by Gasteiger charge is -2.17. The van der Waals surface area contributed by atoms with Crippen molar-refractivity contribution in [2.75, 3.05) is 64.2 Å². The van der Waals surface area contributed by atoms with Crippen molar-refractivity contribution in [3.63, 3.8) is 0 Å². The number of sulfonamides is 2. The summed E-state index contributed by atoms with van der Waals surface area (Å²) in [4.78, 5) is 4.81. The molecule has 6 rings (SSSR count). The first-order valence-corrected chi connectivity index (χ1v) is 15.3. The van der Waals surface area contributed by atoms with Crippen LogP contribution in [0.5, 0.6) is 0 Å². The van der Waals surface area contributed by atoms with E-state index in [1.807, 2.05) is 98.7 Å². The molecule has 0 amide bonds. The normalized spacial score (nSPS) is 15.7. The predicted molar refractivity (Wildman–Crippen MR) is 154 cm³/mol. The molecule has 10 heteroatoms. The lowest BCUT2D eigenvalue weighted by Crippen LogP contribution is -2.13. The Balaban J connectivity index is 0.000000155. The van der Waals surface area contributed by atoms with Crippen molar-refractivity contribution in [2.24, 2.45) is 0 Å². The van der Waals surface area contributed by atoms with Gasteiger partial charge in [-0.3, -0.25) is 0 Å². The highest BCUT2D eigenvalue weighted by Crippen LogP contribution is 2.34. The highest BCUT2D eigenvalue weighted by Gasteiger charge is 2.35. The number of anilines is 2. The van der Waals surface area contributed by atoms with Crippen LogP contribution >= 0.6 is 0 Å². The number of hydrogen-bond acceptors (Lipinski definition) is 6. The van der Waals surface area contributed by atoms with Gasteiger partial charge in [-0.25, -0.2) is 16.8 Å². The van der Waals surface area contributed by atoms with Crippen LogP contribution in [0.15, 0.2) is 82.6 Å². The Bertz CT molecular complexity index is 1600. The van der Waals surface area contributed by atoms with E-state index < -0.39 is 20.0 Å². The Morgan fingerprint density at radius 1 is 0.500 bits per heavy atom. The molecule has 2 heterocycles. The lowest BCUT2D eigenvalue weighted by molar-refractivity contribution is 0.562. The summed E-state index contributed by atoms with van der Waals surface area (Å²) in [5.41, 5.74) is 2.06. The first-order chi connectivity index (χ1) is 18.0. The van der Waals surface area contributed by atoms with Crippen molar-refractivity contribution in [3.8, 4) is 0 Å². The number of fused-ring (bicyclic) bond motifs is 2. The molecule has 0 spiro atoms. The standard InChI is InChI=1S/2C14H16N2O2S/c2*1-15(2)13-7-3-6-12-11(13)5-4-8-14(12)19(17,18)16-9-10-16/h2*3-8H,9-10H2,1-2H3. The highest BCUT2D eigenvalue weighted by atomic mass is 32.2. The minimum absolute atomic E-state index is 0.409. The summed E-state index contributed by atoms with van der Waals surface area (Å²) in [6, 6.07) is 22.5. The van der Waals surface area contributed by atoms with Crippen molar-refractivity contribution < 1.29 is 16.8 Å². The predicted octanol–water partition coefficient (Wildman–Crippen LogP) is 3.82. The molecule has 2 saturated heterocycles. The largest absolute Gasteiger partial charge is 0.377 e. The molecule has 0 aromatic heterocycles. The highest BCUT2D eigenvalue weighted by molar-refractivity contribution is 7.89. The van der Waals surface area contributed by atoms with Gasteiger partial charge in [0.05, 0.1) is 9.79 Å². The van der Waals surface area contributed by atoms with Gasteiger partial charge in [-0.05, 0) is 24.3 Å². The van der Waals surface area contributed by atoms with E-state index in [0.29, 0.717) is 36.0 Å². The van der Waals surface area contributed by atoms with Crippen LogP contribution in [0.4, 0.5) is 11.4 Å². The fourth-order valence-corrected chi connectivity index (χ4v) is 7.69. The van der Waals surface area contributed by atoms with Crippen molar-refractivity contribution in [3.05, 3.63) is 72.8 Å². The number of hydrogen-bond donors (Lipinski definition) is 0. The quantitative estimate of drug-likeness (QED) is 0.339. The summed E-state index contributed by atoms with van der Waals surface area (Å²) in [6.45, 7) is 2.52. The first kappa shape index (κ1) is 26.4. The molecule has 0 unspecified atom stereocenters. The molecule has 2 aliphatic heterocycles. The molecule has 0 bridgehead atoms. The van der Waals surface area contributed by atoms with Gasteiger partial charge in [-0.2, -0.15) is 8.61 Å². The molecule has 0 atom stereocenters. The van der Waals surface area contributed by atoms with E-state index in [9.17, 15) is 16.8 Å². The molecular weight excluding hydrogens is 520 g/mol. The van der Waals surface area contributed by atoms with Gasteiger partial charge in [-0.1, -0.05) is 48.5 Å². The maximum absolute atomic E-state index is 12.4. The molecule has 4 aromatic carbocycles. The van der Waals surface area contributed by atoms with Crippen LogP contribution in [0.1, 0.15) is 0 Å². The zero-order valence-corrected chi connectivity index (χ0v) is 23.6. The van der Waals surface area contributed by atoms with Crippen molar-refractivity contribution >= 4 is 53.0 Å². The van der Waals surface area contributed by atoms with E-state index in [1.165, 1.54) is 8.61 Å². The molecule has 200 valence electrons. The molecule has 0 N–H and O–H groups in total. The van der Waals surface area contributed by atoms with E-state index in [4.69, 9.17) is 0 Å². The third kappa shape index (κ3) is 4.84. The van der Waals surface area contributed by atoms with Gasteiger partial charge in [0.1, 0.15) is 0 Å². The summed E-state index contributed by atoms with van der Waals surface area (Å²) < 4.78 is 52.6. The van der Waals surface area contributed by atoms with Crippen LogP contribution in [-0.4, -0.2) is 79.8 Å².